The van der Waals surface area contributed by atoms with Crippen LogP contribution in [0.15, 0.2) is 24.3 Å². The van der Waals surface area contributed by atoms with Crippen molar-refractivity contribution < 1.29 is 34.2 Å². The van der Waals surface area contributed by atoms with Gasteiger partial charge >= 0.3 is 11.9 Å². The summed E-state index contributed by atoms with van der Waals surface area (Å²) in [4.78, 5) is 35.7. The molecule has 2 rings (SSSR count). The van der Waals surface area contributed by atoms with E-state index in [4.69, 9.17) is 14.7 Å². The third-order valence-corrected chi connectivity index (χ3v) is 5.00. The summed E-state index contributed by atoms with van der Waals surface area (Å²) in [7, 11) is 0. The fourth-order valence-corrected chi connectivity index (χ4v) is 3.76. The zero-order valence-corrected chi connectivity index (χ0v) is 16.0. The summed E-state index contributed by atoms with van der Waals surface area (Å²) in [5.41, 5.74) is -4.69. The number of hydrogen-bond donors (Lipinski definition) is 2. The highest BCUT2D eigenvalue weighted by molar-refractivity contribution is 5.86. The summed E-state index contributed by atoms with van der Waals surface area (Å²) < 4.78 is 9.64. The largest absolute Gasteiger partial charge is 0.464 e. The number of esters is 2. The van der Waals surface area contributed by atoms with Crippen molar-refractivity contribution >= 4 is 11.9 Å². The standard InChI is InChI=1S/C19H22N2O8/c1-3-28-16(22)18(24)9-14(13-7-5-12(11-20)6-8-13)10-19(25,15(18)21(26)27)17(23)29-4-2/h5-8,14-15,24-25H,3-4,9-10H2,1-2H3/t14?,15?,18-,19+. The predicted molar refractivity (Wildman–Crippen MR) is 97.1 cm³/mol. The molecule has 2 N–H and O–H groups in total. The van der Waals surface area contributed by atoms with Crippen molar-refractivity contribution in [3.8, 4) is 6.07 Å². The van der Waals surface area contributed by atoms with Crippen LogP contribution in [0, 0.1) is 21.4 Å². The Morgan fingerprint density at radius 2 is 1.59 bits per heavy atom. The Kier molecular flexibility index (Phi) is 6.56. The van der Waals surface area contributed by atoms with E-state index in [-0.39, 0.29) is 13.2 Å². The maximum Gasteiger partial charge on any atom is 0.345 e. The number of nitriles is 1. The molecular weight excluding hydrogens is 384 g/mol. The van der Waals surface area contributed by atoms with Crippen LogP contribution in [0.5, 0.6) is 0 Å². The highest BCUT2D eigenvalue weighted by Gasteiger charge is 2.71. The Labute approximate surface area is 166 Å². The van der Waals surface area contributed by atoms with Crippen LogP contribution >= 0.6 is 0 Å². The van der Waals surface area contributed by atoms with Gasteiger partial charge in [0.25, 0.3) is 6.04 Å². The average Bonchev–Trinajstić information content (AvgIpc) is 2.67. The lowest BCUT2D eigenvalue weighted by Gasteiger charge is -2.44. The van der Waals surface area contributed by atoms with Crippen LogP contribution in [0.3, 0.4) is 0 Å². The number of carbonyl (C=O) groups is 2. The number of nitro groups is 1. The molecule has 0 aliphatic heterocycles. The van der Waals surface area contributed by atoms with Gasteiger partial charge in [-0.1, -0.05) is 12.1 Å². The second kappa shape index (κ2) is 8.55. The Balaban J connectivity index is 2.60. The number of ether oxygens (including phenoxy) is 2. The van der Waals surface area contributed by atoms with Crippen LogP contribution in [0.4, 0.5) is 0 Å². The number of carbonyl (C=O) groups excluding carboxylic acids is 2. The molecule has 0 radical (unpaired) electrons. The molecule has 0 saturated heterocycles. The number of nitrogens with zero attached hydrogens (tertiary/aromatic N) is 2. The first-order chi connectivity index (χ1) is 13.6. The quantitative estimate of drug-likeness (QED) is 0.393. The van der Waals surface area contributed by atoms with E-state index in [1.54, 1.807) is 0 Å². The molecule has 156 valence electrons. The Morgan fingerprint density at radius 1 is 1.14 bits per heavy atom. The van der Waals surface area contributed by atoms with Gasteiger partial charge in [0.05, 0.1) is 24.8 Å². The average molecular weight is 406 g/mol. The molecular formula is C19H22N2O8. The van der Waals surface area contributed by atoms with Crippen molar-refractivity contribution in [3.63, 3.8) is 0 Å². The SMILES string of the molecule is CCOC(=O)[C@]1(O)CC(c2ccc(C#N)cc2)C[C@](O)(C(=O)OCC)C1[N+](=O)[O-]. The van der Waals surface area contributed by atoms with E-state index in [0.717, 1.165) is 0 Å². The summed E-state index contributed by atoms with van der Waals surface area (Å²) in [6, 6.07) is 5.62. The summed E-state index contributed by atoms with van der Waals surface area (Å²) in [6.45, 7) is 2.59. The molecule has 0 bridgehead atoms. The Bertz CT molecular complexity index is 800. The molecule has 1 aromatic carbocycles. The third-order valence-electron chi connectivity index (χ3n) is 5.00. The minimum Gasteiger partial charge on any atom is -0.464 e. The summed E-state index contributed by atoms with van der Waals surface area (Å²) in [5, 5.41) is 42.8. The zero-order chi connectivity index (χ0) is 21.8. The van der Waals surface area contributed by atoms with Crippen LogP contribution < -0.4 is 0 Å². The van der Waals surface area contributed by atoms with Crippen LogP contribution in [-0.4, -0.2) is 57.5 Å². The van der Waals surface area contributed by atoms with Gasteiger partial charge in [0.2, 0.25) is 11.2 Å². The number of benzene rings is 1. The number of rotatable bonds is 6. The third kappa shape index (κ3) is 4.06. The maximum absolute atomic E-state index is 12.5. The molecule has 0 amide bonds. The van der Waals surface area contributed by atoms with Crippen molar-refractivity contribution in [1.29, 1.82) is 5.26 Å². The molecule has 10 nitrogen and oxygen atoms in total. The van der Waals surface area contributed by atoms with E-state index in [1.807, 2.05) is 6.07 Å². The molecule has 0 heterocycles. The highest BCUT2D eigenvalue weighted by atomic mass is 16.6. The van der Waals surface area contributed by atoms with Gasteiger partial charge < -0.3 is 19.7 Å². The minimum atomic E-state index is -2.77. The smallest absolute Gasteiger partial charge is 0.345 e. The molecule has 1 saturated carbocycles. The molecule has 4 atom stereocenters. The first-order valence-electron chi connectivity index (χ1n) is 9.06. The van der Waals surface area contributed by atoms with Gasteiger partial charge in [0.1, 0.15) is 0 Å². The van der Waals surface area contributed by atoms with E-state index in [2.05, 4.69) is 0 Å². The monoisotopic (exact) mass is 406 g/mol. The minimum absolute atomic E-state index is 0.162. The lowest BCUT2D eigenvalue weighted by Crippen LogP contribution is -2.70. The first kappa shape index (κ1) is 22.3. The van der Waals surface area contributed by atoms with Gasteiger partial charge in [0, 0.05) is 17.8 Å². The molecule has 1 aliphatic rings. The molecule has 1 fully saturated rings. The Hall–Kier alpha value is -3.03. The summed E-state index contributed by atoms with van der Waals surface area (Å²) in [6.07, 6.45) is -0.907. The van der Waals surface area contributed by atoms with Crippen LogP contribution in [0.1, 0.15) is 43.7 Å². The first-order valence-corrected chi connectivity index (χ1v) is 9.06. The van der Waals surface area contributed by atoms with Gasteiger partial charge in [-0.05, 0) is 37.5 Å². The topological polar surface area (TPSA) is 160 Å². The van der Waals surface area contributed by atoms with Crippen molar-refractivity contribution in [2.45, 2.75) is 49.9 Å². The predicted octanol–water partition coefficient (Wildman–Crippen LogP) is 0.669. The Morgan fingerprint density at radius 3 is 1.93 bits per heavy atom. The van der Waals surface area contributed by atoms with E-state index in [0.29, 0.717) is 11.1 Å². The second-order valence-corrected chi connectivity index (χ2v) is 6.82. The van der Waals surface area contributed by atoms with Gasteiger partial charge in [-0.2, -0.15) is 5.26 Å². The lowest BCUT2D eigenvalue weighted by molar-refractivity contribution is -0.566. The molecule has 0 spiro atoms. The molecule has 10 heteroatoms. The zero-order valence-electron chi connectivity index (χ0n) is 16.0. The maximum atomic E-state index is 12.5. The van der Waals surface area contributed by atoms with Crippen molar-refractivity contribution in [2.75, 3.05) is 13.2 Å². The molecule has 29 heavy (non-hydrogen) atoms. The normalized spacial score (nSPS) is 28.8. The van der Waals surface area contributed by atoms with Crippen LogP contribution in [-0.2, 0) is 19.1 Å². The van der Waals surface area contributed by atoms with Crippen molar-refractivity contribution in [3.05, 3.63) is 45.5 Å². The molecule has 1 aliphatic carbocycles. The van der Waals surface area contributed by atoms with Crippen molar-refractivity contribution in [1.82, 2.24) is 0 Å². The molecule has 2 unspecified atom stereocenters. The number of aliphatic hydroxyl groups is 2. The van der Waals surface area contributed by atoms with Gasteiger partial charge in [-0.3, -0.25) is 10.1 Å². The lowest BCUT2D eigenvalue weighted by atomic mass is 9.64. The van der Waals surface area contributed by atoms with Gasteiger partial charge in [-0.15, -0.1) is 0 Å². The van der Waals surface area contributed by atoms with E-state index in [1.165, 1.54) is 38.1 Å². The van der Waals surface area contributed by atoms with Crippen molar-refractivity contribution in [2.24, 2.45) is 0 Å². The van der Waals surface area contributed by atoms with Gasteiger partial charge in [-0.25, -0.2) is 9.59 Å². The fourth-order valence-electron chi connectivity index (χ4n) is 3.76. The number of hydrogen-bond acceptors (Lipinski definition) is 9. The summed E-state index contributed by atoms with van der Waals surface area (Å²) >= 11 is 0. The molecule has 1 aromatic rings. The van der Waals surface area contributed by atoms with Crippen LogP contribution in [0.2, 0.25) is 0 Å². The fraction of sp³-hybridized carbons (Fsp3) is 0.526. The summed E-state index contributed by atoms with van der Waals surface area (Å²) in [5.74, 6) is -3.42. The van der Waals surface area contributed by atoms with Gasteiger partial charge in [0.15, 0.2) is 0 Å². The second-order valence-electron chi connectivity index (χ2n) is 6.82. The van der Waals surface area contributed by atoms with E-state index < -0.39 is 52.9 Å². The van der Waals surface area contributed by atoms with E-state index >= 15 is 0 Å². The highest BCUT2D eigenvalue weighted by Crippen LogP contribution is 2.46. The van der Waals surface area contributed by atoms with E-state index in [9.17, 15) is 29.9 Å². The molecule has 0 aromatic heterocycles. The van der Waals surface area contributed by atoms with Crippen LogP contribution in [0.25, 0.3) is 0 Å².